The van der Waals surface area contributed by atoms with Crippen LogP contribution in [0.1, 0.15) is 37.2 Å². The molecule has 0 spiro atoms. The van der Waals surface area contributed by atoms with Crippen molar-refractivity contribution in [1.82, 2.24) is 20.2 Å². The topological polar surface area (TPSA) is 95.1 Å². The van der Waals surface area contributed by atoms with E-state index in [1.165, 1.54) is 22.0 Å². The molecule has 0 fully saturated rings. The highest BCUT2D eigenvalue weighted by Crippen LogP contribution is 2.20. The molecule has 3 N–H and O–H groups in total. The van der Waals surface area contributed by atoms with Gasteiger partial charge in [0.15, 0.2) is 5.82 Å². The molecule has 1 aromatic carbocycles. The molecule has 0 unspecified atom stereocenters. The standard InChI is InChI=1S/C17H25N5O2S/c1-5-13(4)19-16(23)10-25-17-21-20-15(22(17)18)9-24-14-7-6-11(2)8-12(14)3/h6-8,13H,5,9-10,18H2,1-4H3,(H,19,23)/t13-/m0/s1. The van der Waals surface area contributed by atoms with E-state index in [1.54, 1.807) is 0 Å². The lowest BCUT2D eigenvalue weighted by Crippen LogP contribution is -2.33. The smallest absolute Gasteiger partial charge is 0.230 e. The van der Waals surface area contributed by atoms with Crippen LogP contribution in [0.3, 0.4) is 0 Å². The monoisotopic (exact) mass is 363 g/mol. The third kappa shape index (κ3) is 5.38. The highest BCUT2D eigenvalue weighted by molar-refractivity contribution is 7.99. The molecule has 8 heteroatoms. The molecule has 2 rings (SSSR count). The Balaban J connectivity index is 1.91. The van der Waals surface area contributed by atoms with Crippen molar-refractivity contribution >= 4 is 17.7 Å². The molecule has 7 nitrogen and oxygen atoms in total. The fraction of sp³-hybridized carbons (Fsp3) is 0.471. The van der Waals surface area contributed by atoms with Crippen LogP contribution in [-0.4, -0.2) is 32.6 Å². The molecule has 2 aromatic rings. The van der Waals surface area contributed by atoms with Crippen molar-refractivity contribution in [2.24, 2.45) is 0 Å². The molecule has 0 aliphatic rings. The van der Waals surface area contributed by atoms with Crippen LogP contribution in [0.15, 0.2) is 23.4 Å². The summed E-state index contributed by atoms with van der Waals surface area (Å²) < 4.78 is 7.14. The zero-order valence-electron chi connectivity index (χ0n) is 15.1. The maximum atomic E-state index is 11.8. The average molecular weight is 363 g/mol. The molecule has 25 heavy (non-hydrogen) atoms. The van der Waals surface area contributed by atoms with Gasteiger partial charge in [0, 0.05) is 6.04 Å². The first-order chi connectivity index (χ1) is 11.9. The summed E-state index contributed by atoms with van der Waals surface area (Å²) in [6.07, 6.45) is 0.892. The Morgan fingerprint density at radius 1 is 1.40 bits per heavy atom. The summed E-state index contributed by atoms with van der Waals surface area (Å²) in [6.45, 7) is 8.24. The Labute approximate surface area is 152 Å². The van der Waals surface area contributed by atoms with Crippen LogP contribution >= 0.6 is 11.8 Å². The van der Waals surface area contributed by atoms with E-state index in [2.05, 4.69) is 21.6 Å². The van der Waals surface area contributed by atoms with Crippen LogP contribution < -0.4 is 15.9 Å². The SMILES string of the molecule is CC[C@H](C)NC(=O)CSc1nnc(COc2ccc(C)cc2C)n1N. The molecular weight excluding hydrogens is 338 g/mol. The van der Waals surface area contributed by atoms with E-state index < -0.39 is 0 Å². The van der Waals surface area contributed by atoms with Gasteiger partial charge in [-0.25, -0.2) is 4.68 Å². The highest BCUT2D eigenvalue weighted by atomic mass is 32.2. The van der Waals surface area contributed by atoms with Gasteiger partial charge in [-0.2, -0.15) is 0 Å². The third-order valence-electron chi connectivity index (χ3n) is 3.77. The number of amides is 1. The fourth-order valence-corrected chi connectivity index (χ4v) is 2.84. The fourth-order valence-electron chi connectivity index (χ4n) is 2.16. The summed E-state index contributed by atoms with van der Waals surface area (Å²) in [6, 6.07) is 6.13. The quantitative estimate of drug-likeness (QED) is 0.551. The van der Waals surface area contributed by atoms with Crippen molar-refractivity contribution in [1.29, 1.82) is 0 Å². The molecule has 136 valence electrons. The number of nitrogen functional groups attached to an aromatic ring is 1. The summed E-state index contributed by atoms with van der Waals surface area (Å²) in [5.41, 5.74) is 2.24. The molecule has 0 aliphatic carbocycles. The summed E-state index contributed by atoms with van der Waals surface area (Å²) >= 11 is 1.25. The molecule has 0 saturated heterocycles. The van der Waals surface area contributed by atoms with E-state index in [-0.39, 0.29) is 24.3 Å². The first-order valence-electron chi connectivity index (χ1n) is 8.22. The zero-order chi connectivity index (χ0) is 18.4. The van der Waals surface area contributed by atoms with Crippen LogP contribution in [0.4, 0.5) is 0 Å². The van der Waals surface area contributed by atoms with Crippen molar-refractivity contribution < 1.29 is 9.53 Å². The Hall–Kier alpha value is -2.22. The van der Waals surface area contributed by atoms with E-state index in [0.29, 0.717) is 11.0 Å². The largest absolute Gasteiger partial charge is 0.485 e. The van der Waals surface area contributed by atoms with Gasteiger partial charge in [0.2, 0.25) is 11.1 Å². The molecule has 0 radical (unpaired) electrons. The van der Waals surface area contributed by atoms with Crippen LogP contribution in [0.2, 0.25) is 0 Å². The first kappa shape index (κ1) is 19.1. The number of nitrogens with two attached hydrogens (primary N) is 1. The first-order valence-corrected chi connectivity index (χ1v) is 9.20. The molecule has 1 amide bonds. The van der Waals surface area contributed by atoms with Crippen molar-refractivity contribution in [3.8, 4) is 5.75 Å². The Bertz CT molecular complexity index is 732. The number of nitrogens with one attached hydrogen (secondary N) is 1. The third-order valence-corrected chi connectivity index (χ3v) is 4.72. The molecular formula is C17H25N5O2S. The van der Waals surface area contributed by atoms with Gasteiger partial charge < -0.3 is 15.9 Å². The van der Waals surface area contributed by atoms with Crippen molar-refractivity contribution in [2.45, 2.75) is 51.9 Å². The Kier molecular flexibility index (Phi) is 6.69. The van der Waals surface area contributed by atoms with E-state index in [9.17, 15) is 4.79 Å². The highest BCUT2D eigenvalue weighted by Gasteiger charge is 2.14. The van der Waals surface area contributed by atoms with E-state index in [0.717, 1.165) is 17.7 Å². The maximum Gasteiger partial charge on any atom is 0.230 e. The lowest BCUT2D eigenvalue weighted by molar-refractivity contribution is -0.119. The van der Waals surface area contributed by atoms with Gasteiger partial charge in [-0.15, -0.1) is 10.2 Å². The number of hydrogen-bond acceptors (Lipinski definition) is 6. The van der Waals surface area contributed by atoms with Gasteiger partial charge in [-0.1, -0.05) is 36.4 Å². The van der Waals surface area contributed by atoms with Crippen molar-refractivity contribution in [2.75, 3.05) is 11.6 Å². The normalized spacial score (nSPS) is 12.0. The number of benzene rings is 1. The second-order valence-electron chi connectivity index (χ2n) is 5.99. The Morgan fingerprint density at radius 2 is 2.16 bits per heavy atom. The minimum absolute atomic E-state index is 0.0459. The van der Waals surface area contributed by atoms with Crippen LogP contribution in [0.5, 0.6) is 5.75 Å². The number of carbonyl (C=O) groups excluding carboxylic acids is 1. The minimum atomic E-state index is -0.0459. The molecule has 0 saturated carbocycles. The lowest BCUT2D eigenvalue weighted by atomic mass is 10.1. The number of hydrogen-bond donors (Lipinski definition) is 2. The van der Waals surface area contributed by atoms with Gasteiger partial charge in [0.05, 0.1) is 5.75 Å². The Morgan fingerprint density at radius 3 is 2.84 bits per heavy atom. The second-order valence-corrected chi connectivity index (χ2v) is 6.93. The molecule has 1 heterocycles. The lowest BCUT2D eigenvalue weighted by Gasteiger charge is -2.11. The van der Waals surface area contributed by atoms with Crippen LogP contribution in [0.25, 0.3) is 0 Å². The molecule has 0 aliphatic heterocycles. The summed E-state index contributed by atoms with van der Waals surface area (Å²) in [7, 11) is 0. The van der Waals surface area contributed by atoms with Crippen LogP contribution in [0, 0.1) is 13.8 Å². The van der Waals surface area contributed by atoms with E-state index in [4.69, 9.17) is 10.6 Å². The summed E-state index contributed by atoms with van der Waals surface area (Å²) in [5, 5.41) is 11.5. The maximum absolute atomic E-state index is 11.8. The van der Waals surface area contributed by atoms with Gasteiger partial charge in [-0.05, 0) is 38.8 Å². The molecule has 0 bridgehead atoms. The van der Waals surface area contributed by atoms with E-state index in [1.807, 2.05) is 39.8 Å². The predicted molar refractivity (Wildman–Crippen MR) is 99.0 cm³/mol. The number of nitrogens with zero attached hydrogens (tertiary/aromatic N) is 3. The molecule has 1 aromatic heterocycles. The average Bonchev–Trinajstić information content (AvgIpc) is 2.92. The minimum Gasteiger partial charge on any atom is -0.485 e. The number of aromatic nitrogens is 3. The van der Waals surface area contributed by atoms with Crippen molar-refractivity contribution in [3.05, 3.63) is 35.2 Å². The van der Waals surface area contributed by atoms with Gasteiger partial charge in [0.1, 0.15) is 12.4 Å². The zero-order valence-corrected chi connectivity index (χ0v) is 15.9. The van der Waals surface area contributed by atoms with Gasteiger partial charge >= 0.3 is 0 Å². The number of aryl methyl sites for hydroxylation is 2. The number of carbonyl (C=O) groups is 1. The number of rotatable bonds is 8. The predicted octanol–water partition coefficient (Wildman–Crippen LogP) is 2.19. The second kappa shape index (κ2) is 8.75. The van der Waals surface area contributed by atoms with E-state index >= 15 is 0 Å². The summed E-state index contributed by atoms with van der Waals surface area (Å²) in [5.74, 6) is 7.50. The van der Waals surface area contributed by atoms with Gasteiger partial charge in [-0.3, -0.25) is 4.79 Å². The molecule has 1 atom stereocenters. The van der Waals surface area contributed by atoms with Crippen LogP contribution in [-0.2, 0) is 11.4 Å². The summed E-state index contributed by atoms with van der Waals surface area (Å²) in [4.78, 5) is 11.8. The number of ether oxygens (including phenoxy) is 1. The number of thioether (sulfide) groups is 1. The van der Waals surface area contributed by atoms with Gasteiger partial charge in [0.25, 0.3) is 0 Å². The van der Waals surface area contributed by atoms with Crippen molar-refractivity contribution in [3.63, 3.8) is 0 Å².